The first-order chi connectivity index (χ1) is 15.8. The van der Waals surface area contributed by atoms with E-state index in [4.69, 9.17) is 0 Å². The van der Waals surface area contributed by atoms with Crippen molar-refractivity contribution in [1.29, 1.82) is 0 Å². The van der Waals surface area contributed by atoms with Gasteiger partial charge in [-0.15, -0.1) is 0 Å². The highest BCUT2D eigenvalue weighted by Crippen LogP contribution is 2.29. The number of fused-ring (bicyclic) bond motifs is 1. The predicted molar refractivity (Wildman–Crippen MR) is 122 cm³/mol. The Kier molecular flexibility index (Phi) is 5.44. The molecule has 0 spiro atoms. The summed E-state index contributed by atoms with van der Waals surface area (Å²) in [7, 11) is 0. The van der Waals surface area contributed by atoms with E-state index in [1.807, 2.05) is 59.5 Å². The molecule has 3 heterocycles. The van der Waals surface area contributed by atoms with Gasteiger partial charge in [0.25, 0.3) is 5.91 Å². The van der Waals surface area contributed by atoms with Crippen molar-refractivity contribution >= 4 is 23.4 Å². The highest BCUT2D eigenvalue weighted by Gasteiger charge is 2.26. The van der Waals surface area contributed by atoms with Crippen molar-refractivity contribution in [3.63, 3.8) is 0 Å². The maximum Gasteiger partial charge on any atom is 0.262 e. The van der Waals surface area contributed by atoms with Crippen LogP contribution in [-0.2, 0) is 6.42 Å². The minimum atomic E-state index is -0.0495. The van der Waals surface area contributed by atoms with E-state index in [-0.39, 0.29) is 5.91 Å². The highest BCUT2D eigenvalue weighted by atomic mass is 16.2. The number of para-hydroxylation sites is 2. The van der Waals surface area contributed by atoms with E-state index >= 15 is 0 Å². The molecule has 9 heteroatoms. The van der Waals surface area contributed by atoms with Crippen LogP contribution < -0.4 is 15.5 Å². The largest absolute Gasteiger partial charge is 0.368 e. The number of tetrazole rings is 1. The van der Waals surface area contributed by atoms with Crippen LogP contribution in [0.1, 0.15) is 15.9 Å². The van der Waals surface area contributed by atoms with Crippen molar-refractivity contribution in [2.45, 2.75) is 6.42 Å². The van der Waals surface area contributed by atoms with Crippen LogP contribution in [0.25, 0.3) is 5.69 Å². The lowest BCUT2D eigenvalue weighted by molar-refractivity contribution is 0.0990. The van der Waals surface area contributed by atoms with Crippen LogP contribution in [0, 0.1) is 0 Å². The number of nitrogens with one attached hydrogen (secondary N) is 2. The van der Waals surface area contributed by atoms with Crippen LogP contribution in [-0.4, -0.2) is 50.7 Å². The summed E-state index contributed by atoms with van der Waals surface area (Å²) in [6.07, 6.45) is 2.55. The second kappa shape index (κ2) is 8.84. The standard InChI is InChI=1S/C23H22N8O/c32-22(30-16-12-17-7-4-5-11-20(17)30)19-10-6-13-24-21(19)25-14-15-26-23-27-28-29-31(23)18-8-2-1-3-9-18/h1-11,13H,12,14-16H2,(H,24,25)(H,26,27,29). The Morgan fingerprint density at radius 2 is 1.75 bits per heavy atom. The first-order valence-electron chi connectivity index (χ1n) is 10.5. The average Bonchev–Trinajstić information content (AvgIpc) is 3.49. The molecule has 0 saturated carbocycles. The van der Waals surface area contributed by atoms with Gasteiger partial charge in [0.2, 0.25) is 5.95 Å². The van der Waals surface area contributed by atoms with Crippen molar-refractivity contribution in [2.75, 3.05) is 35.2 Å². The summed E-state index contributed by atoms with van der Waals surface area (Å²) in [5, 5.41) is 18.3. The molecule has 9 nitrogen and oxygen atoms in total. The smallest absolute Gasteiger partial charge is 0.262 e. The number of aromatic nitrogens is 5. The Bertz CT molecular complexity index is 1220. The van der Waals surface area contributed by atoms with Gasteiger partial charge in [-0.2, -0.15) is 4.68 Å². The molecule has 0 aliphatic carbocycles. The van der Waals surface area contributed by atoms with E-state index in [9.17, 15) is 4.79 Å². The maximum absolute atomic E-state index is 13.3. The molecule has 0 bridgehead atoms. The minimum Gasteiger partial charge on any atom is -0.368 e. The van der Waals surface area contributed by atoms with Crippen LogP contribution >= 0.6 is 0 Å². The third-order valence-electron chi connectivity index (χ3n) is 5.34. The molecule has 0 saturated heterocycles. The Hall–Kier alpha value is -4.27. The molecule has 2 N–H and O–H groups in total. The van der Waals surface area contributed by atoms with Gasteiger partial charge in [-0.1, -0.05) is 41.5 Å². The Morgan fingerprint density at radius 1 is 0.938 bits per heavy atom. The summed E-state index contributed by atoms with van der Waals surface area (Å²) in [6, 6.07) is 21.3. The number of pyridine rings is 1. The number of nitrogens with zero attached hydrogens (tertiary/aromatic N) is 6. The highest BCUT2D eigenvalue weighted by molar-refractivity contribution is 6.10. The molecule has 1 aliphatic heterocycles. The lowest BCUT2D eigenvalue weighted by Gasteiger charge is -2.19. The number of benzene rings is 2. The summed E-state index contributed by atoms with van der Waals surface area (Å²) in [5.41, 5.74) is 3.59. The van der Waals surface area contributed by atoms with E-state index in [1.54, 1.807) is 16.9 Å². The van der Waals surface area contributed by atoms with Crippen molar-refractivity contribution in [2.24, 2.45) is 0 Å². The number of carbonyl (C=O) groups excluding carboxylic acids is 1. The second-order valence-corrected chi connectivity index (χ2v) is 7.34. The molecule has 0 unspecified atom stereocenters. The number of hydrogen-bond acceptors (Lipinski definition) is 7. The Morgan fingerprint density at radius 3 is 2.66 bits per heavy atom. The van der Waals surface area contributed by atoms with Crippen LogP contribution in [0.15, 0.2) is 72.9 Å². The molecular weight excluding hydrogens is 404 g/mol. The van der Waals surface area contributed by atoms with E-state index in [2.05, 4.69) is 37.2 Å². The molecule has 2 aromatic heterocycles. The fourth-order valence-electron chi connectivity index (χ4n) is 3.81. The summed E-state index contributed by atoms with van der Waals surface area (Å²) in [5.74, 6) is 1.06. The Balaban J connectivity index is 1.24. The molecule has 2 aromatic carbocycles. The lowest BCUT2D eigenvalue weighted by atomic mass is 10.1. The summed E-state index contributed by atoms with van der Waals surface area (Å²) < 4.78 is 1.64. The van der Waals surface area contributed by atoms with Crippen molar-refractivity contribution in [3.05, 3.63) is 84.1 Å². The first-order valence-corrected chi connectivity index (χ1v) is 10.5. The molecule has 4 aromatic rings. The number of anilines is 3. The van der Waals surface area contributed by atoms with Crippen molar-refractivity contribution in [3.8, 4) is 5.69 Å². The summed E-state index contributed by atoms with van der Waals surface area (Å²) >= 11 is 0. The maximum atomic E-state index is 13.3. The number of carbonyl (C=O) groups is 1. The minimum absolute atomic E-state index is 0.0495. The van der Waals surface area contributed by atoms with Crippen LogP contribution in [0.4, 0.5) is 17.5 Å². The zero-order valence-corrected chi connectivity index (χ0v) is 17.3. The SMILES string of the molecule is O=C(c1cccnc1NCCNc1nnnn1-c1ccccc1)N1CCc2ccccc21. The van der Waals surface area contributed by atoms with Gasteiger partial charge in [0.1, 0.15) is 5.82 Å². The van der Waals surface area contributed by atoms with E-state index in [1.165, 1.54) is 5.56 Å². The average molecular weight is 426 g/mol. The fraction of sp³-hybridized carbons (Fsp3) is 0.174. The number of hydrogen-bond donors (Lipinski definition) is 2. The quantitative estimate of drug-likeness (QED) is 0.438. The van der Waals surface area contributed by atoms with Gasteiger partial charge in [0, 0.05) is 31.5 Å². The monoisotopic (exact) mass is 426 g/mol. The van der Waals surface area contributed by atoms with Gasteiger partial charge in [0.05, 0.1) is 11.3 Å². The first kappa shape index (κ1) is 19.7. The zero-order chi connectivity index (χ0) is 21.8. The third kappa shape index (κ3) is 3.87. The van der Waals surface area contributed by atoms with Crippen molar-refractivity contribution < 1.29 is 4.79 Å². The van der Waals surface area contributed by atoms with Gasteiger partial charge in [-0.3, -0.25) is 4.79 Å². The molecule has 0 radical (unpaired) electrons. The topological polar surface area (TPSA) is 101 Å². The van der Waals surface area contributed by atoms with Crippen molar-refractivity contribution in [1.82, 2.24) is 25.2 Å². The van der Waals surface area contributed by atoms with Crippen LogP contribution in [0.2, 0.25) is 0 Å². The van der Waals surface area contributed by atoms with Crippen LogP contribution in [0.5, 0.6) is 0 Å². The molecule has 5 rings (SSSR count). The molecule has 0 fully saturated rings. The summed E-state index contributed by atoms with van der Waals surface area (Å²) in [6.45, 7) is 1.76. The molecule has 1 aliphatic rings. The number of rotatable bonds is 7. The lowest BCUT2D eigenvalue weighted by Crippen LogP contribution is -2.30. The van der Waals surface area contributed by atoms with E-state index < -0.39 is 0 Å². The van der Waals surface area contributed by atoms with E-state index in [0.717, 1.165) is 17.8 Å². The van der Waals surface area contributed by atoms with Gasteiger partial charge >= 0.3 is 0 Å². The molecule has 160 valence electrons. The van der Waals surface area contributed by atoms with Gasteiger partial charge < -0.3 is 15.5 Å². The normalized spacial score (nSPS) is 12.4. The van der Waals surface area contributed by atoms with Gasteiger partial charge in [-0.25, -0.2) is 4.98 Å². The summed E-state index contributed by atoms with van der Waals surface area (Å²) in [4.78, 5) is 19.5. The zero-order valence-electron chi connectivity index (χ0n) is 17.3. The third-order valence-corrected chi connectivity index (χ3v) is 5.34. The molecule has 0 atom stereocenters. The predicted octanol–water partition coefficient (Wildman–Crippen LogP) is 2.78. The second-order valence-electron chi connectivity index (χ2n) is 7.34. The molecule has 1 amide bonds. The van der Waals surface area contributed by atoms with E-state index in [0.29, 0.717) is 37.0 Å². The van der Waals surface area contributed by atoms with Gasteiger partial charge in [0.15, 0.2) is 0 Å². The number of amides is 1. The Labute approximate surface area is 185 Å². The van der Waals surface area contributed by atoms with Gasteiger partial charge in [-0.05, 0) is 52.7 Å². The molecule has 32 heavy (non-hydrogen) atoms. The molecular formula is C23H22N8O. The fourth-order valence-corrected chi connectivity index (χ4v) is 3.81. The van der Waals surface area contributed by atoms with Crippen LogP contribution in [0.3, 0.4) is 0 Å².